The fourth-order valence-corrected chi connectivity index (χ4v) is 4.35. The zero-order valence-electron chi connectivity index (χ0n) is 9.96. The third-order valence-electron chi connectivity index (χ3n) is 3.50. The van der Waals surface area contributed by atoms with Crippen LogP contribution in [-0.4, -0.2) is 5.78 Å². The van der Waals surface area contributed by atoms with Crippen molar-refractivity contribution in [1.29, 1.82) is 0 Å². The number of Topliss-reactive ketones (excluding diaryl/α,β-unsaturated/α-hetero) is 1. The Morgan fingerprint density at radius 2 is 1.78 bits per heavy atom. The van der Waals surface area contributed by atoms with E-state index in [1.807, 2.05) is 22.9 Å². The van der Waals surface area contributed by atoms with Crippen LogP contribution in [0, 0.1) is 0 Å². The SMILES string of the molecule is C=C1CCC(c2cccs2)C(=O)C1c1cccs1. The van der Waals surface area contributed by atoms with E-state index in [9.17, 15) is 4.79 Å². The lowest BCUT2D eigenvalue weighted by atomic mass is 9.76. The van der Waals surface area contributed by atoms with E-state index >= 15 is 0 Å². The third-order valence-corrected chi connectivity index (χ3v) is 5.43. The summed E-state index contributed by atoms with van der Waals surface area (Å²) < 4.78 is 0. The molecule has 2 aromatic rings. The van der Waals surface area contributed by atoms with Gasteiger partial charge in [-0.3, -0.25) is 4.79 Å². The number of rotatable bonds is 2. The molecule has 1 saturated carbocycles. The Kier molecular flexibility index (Phi) is 3.18. The van der Waals surface area contributed by atoms with E-state index in [0.29, 0.717) is 5.78 Å². The van der Waals surface area contributed by atoms with Crippen LogP contribution in [0.1, 0.15) is 34.4 Å². The molecule has 2 atom stereocenters. The highest BCUT2D eigenvalue weighted by molar-refractivity contribution is 7.10. The summed E-state index contributed by atoms with van der Waals surface area (Å²) in [5, 5.41) is 4.08. The van der Waals surface area contributed by atoms with Crippen LogP contribution < -0.4 is 0 Å². The fourth-order valence-electron chi connectivity index (χ4n) is 2.59. The maximum atomic E-state index is 12.7. The first-order valence-electron chi connectivity index (χ1n) is 6.05. The van der Waals surface area contributed by atoms with Crippen molar-refractivity contribution in [2.45, 2.75) is 24.7 Å². The molecule has 0 saturated heterocycles. The molecule has 3 rings (SSSR count). The molecule has 0 radical (unpaired) electrons. The minimum Gasteiger partial charge on any atom is -0.298 e. The van der Waals surface area contributed by atoms with E-state index in [1.165, 1.54) is 4.88 Å². The van der Waals surface area contributed by atoms with Crippen molar-refractivity contribution < 1.29 is 4.79 Å². The number of allylic oxidation sites excluding steroid dienone is 1. The lowest BCUT2D eigenvalue weighted by Gasteiger charge is -2.28. The highest BCUT2D eigenvalue weighted by Gasteiger charge is 2.36. The van der Waals surface area contributed by atoms with Gasteiger partial charge < -0.3 is 0 Å². The van der Waals surface area contributed by atoms with Crippen molar-refractivity contribution in [2.75, 3.05) is 0 Å². The maximum Gasteiger partial charge on any atom is 0.153 e. The second kappa shape index (κ2) is 4.82. The van der Waals surface area contributed by atoms with Crippen molar-refractivity contribution in [3.05, 3.63) is 56.9 Å². The summed E-state index contributed by atoms with van der Waals surface area (Å²) in [7, 11) is 0. The summed E-state index contributed by atoms with van der Waals surface area (Å²) in [5.41, 5.74) is 1.08. The predicted molar refractivity (Wildman–Crippen MR) is 77.5 cm³/mol. The van der Waals surface area contributed by atoms with Gasteiger partial charge in [-0.15, -0.1) is 22.7 Å². The first-order valence-corrected chi connectivity index (χ1v) is 7.81. The predicted octanol–water partition coefficient (Wildman–Crippen LogP) is 4.60. The molecule has 1 fully saturated rings. The molecule has 0 aliphatic heterocycles. The van der Waals surface area contributed by atoms with Gasteiger partial charge in [0.1, 0.15) is 0 Å². The first-order chi connectivity index (χ1) is 8.77. The largest absolute Gasteiger partial charge is 0.298 e. The normalized spacial score (nSPS) is 24.4. The average Bonchev–Trinajstić information content (AvgIpc) is 3.01. The molecule has 2 unspecified atom stereocenters. The number of hydrogen-bond donors (Lipinski definition) is 0. The van der Waals surface area contributed by atoms with E-state index < -0.39 is 0 Å². The molecule has 0 aromatic carbocycles. The van der Waals surface area contributed by atoms with Gasteiger partial charge in [0.05, 0.1) is 11.8 Å². The van der Waals surface area contributed by atoms with Gasteiger partial charge in [0.2, 0.25) is 0 Å². The number of ketones is 1. The summed E-state index contributed by atoms with van der Waals surface area (Å²) in [6, 6.07) is 8.16. The van der Waals surface area contributed by atoms with Crippen molar-refractivity contribution in [1.82, 2.24) is 0 Å². The van der Waals surface area contributed by atoms with Crippen LogP contribution >= 0.6 is 22.7 Å². The molecular formula is C15H14OS2. The summed E-state index contributed by atoms with van der Waals surface area (Å²) in [4.78, 5) is 15.0. The lowest BCUT2D eigenvalue weighted by molar-refractivity contribution is -0.122. The Bertz CT molecular complexity index is 551. The Morgan fingerprint density at radius 1 is 1.11 bits per heavy atom. The molecule has 3 heteroatoms. The highest BCUT2D eigenvalue weighted by Crippen LogP contribution is 2.43. The van der Waals surface area contributed by atoms with Crippen LogP contribution in [0.3, 0.4) is 0 Å². The number of hydrogen-bond acceptors (Lipinski definition) is 3. The standard InChI is InChI=1S/C15H14OS2/c1-10-6-7-11(12-4-2-8-17-12)15(16)14(10)13-5-3-9-18-13/h2-5,8-9,11,14H,1,6-7H2. The van der Waals surface area contributed by atoms with Crippen molar-refractivity contribution in [3.8, 4) is 0 Å². The highest BCUT2D eigenvalue weighted by atomic mass is 32.1. The van der Waals surface area contributed by atoms with Crippen molar-refractivity contribution in [3.63, 3.8) is 0 Å². The summed E-state index contributed by atoms with van der Waals surface area (Å²) in [5.74, 6) is 0.324. The topological polar surface area (TPSA) is 17.1 Å². The van der Waals surface area contributed by atoms with Crippen LogP contribution in [0.25, 0.3) is 0 Å². The Balaban J connectivity index is 1.94. The van der Waals surface area contributed by atoms with E-state index in [2.05, 4.69) is 18.7 Å². The van der Waals surface area contributed by atoms with Gasteiger partial charge in [0.25, 0.3) is 0 Å². The number of carbonyl (C=O) groups excluding carboxylic acids is 1. The second-order valence-corrected chi connectivity index (χ2v) is 6.57. The summed E-state index contributed by atoms with van der Waals surface area (Å²) in [6.07, 6.45) is 1.87. The summed E-state index contributed by atoms with van der Waals surface area (Å²) >= 11 is 3.34. The van der Waals surface area contributed by atoms with Crippen LogP contribution in [0.2, 0.25) is 0 Å². The van der Waals surface area contributed by atoms with Gasteiger partial charge in [0, 0.05) is 9.75 Å². The number of carbonyl (C=O) groups is 1. The van der Waals surface area contributed by atoms with E-state index in [4.69, 9.17) is 0 Å². The summed E-state index contributed by atoms with van der Waals surface area (Å²) in [6.45, 7) is 4.11. The van der Waals surface area contributed by atoms with Crippen molar-refractivity contribution >= 4 is 28.5 Å². The molecule has 2 aromatic heterocycles. The van der Waals surface area contributed by atoms with Crippen LogP contribution in [0.5, 0.6) is 0 Å². The Hall–Kier alpha value is -1.19. The van der Waals surface area contributed by atoms with E-state index in [0.717, 1.165) is 23.3 Å². The second-order valence-electron chi connectivity index (χ2n) is 4.62. The molecule has 0 bridgehead atoms. The van der Waals surface area contributed by atoms with Gasteiger partial charge in [-0.25, -0.2) is 0 Å². The van der Waals surface area contributed by atoms with Gasteiger partial charge in [-0.05, 0) is 35.7 Å². The molecule has 1 nitrogen and oxygen atoms in total. The van der Waals surface area contributed by atoms with Gasteiger partial charge in [-0.2, -0.15) is 0 Å². The Morgan fingerprint density at radius 3 is 2.39 bits per heavy atom. The zero-order chi connectivity index (χ0) is 12.5. The molecular weight excluding hydrogens is 260 g/mol. The molecule has 1 aliphatic rings. The average molecular weight is 274 g/mol. The fraction of sp³-hybridized carbons (Fsp3) is 0.267. The van der Waals surface area contributed by atoms with Crippen LogP contribution in [0.15, 0.2) is 47.2 Å². The molecule has 1 aliphatic carbocycles. The quantitative estimate of drug-likeness (QED) is 0.732. The Labute approximate surface area is 115 Å². The van der Waals surface area contributed by atoms with Crippen LogP contribution in [0.4, 0.5) is 0 Å². The molecule has 0 amide bonds. The molecule has 92 valence electrons. The molecule has 18 heavy (non-hydrogen) atoms. The monoisotopic (exact) mass is 274 g/mol. The maximum absolute atomic E-state index is 12.7. The lowest BCUT2D eigenvalue weighted by Crippen LogP contribution is -2.25. The first kappa shape index (κ1) is 11.9. The smallest absolute Gasteiger partial charge is 0.153 e. The third kappa shape index (κ3) is 1.98. The minimum absolute atomic E-state index is 0.0719. The van der Waals surface area contributed by atoms with E-state index in [1.54, 1.807) is 22.7 Å². The van der Waals surface area contributed by atoms with Gasteiger partial charge >= 0.3 is 0 Å². The number of thiophene rings is 2. The molecule has 0 N–H and O–H groups in total. The zero-order valence-corrected chi connectivity index (χ0v) is 11.6. The van der Waals surface area contributed by atoms with Crippen molar-refractivity contribution in [2.24, 2.45) is 0 Å². The van der Waals surface area contributed by atoms with Crippen LogP contribution in [-0.2, 0) is 4.79 Å². The molecule has 2 heterocycles. The van der Waals surface area contributed by atoms with Gasteiger partial charge in [-0.1, -0.05) is 24.3 Å². The van der Waals surface area contributed by atoms with Gasteiger partial charge in [0.15, 0.2) is 5.78 Å². The molecule has 0 spiro atoms. The minimum atomic E-state index is -0.0779. The van der Waals surface area contributed by atoms with E-state index in [-0.39, 0.29) is 11.8 Å².